The van der Waals surface area contributed by atoms with E-state index in [1.807, 2.05) is 0 Å². The molecule has 5 rings (SSSR count). The number of nitrogens with zero attached hydrogens (tertiary/aromatic N) is 2. The van der Waals surface area contributed by atoms with Gasteiger partial charge in [-0.2, -0.15) is 36.9 Å². The van der Waals surface area contributed by atoms with Crippen LogP contribution in [0.1, 0.15) is 22.3 Å². The Kier molecular flexibility index (Phi) is 8.12. The molecule has 4 aromatic rings. The summed E-state index contributed by atoms with van der Waals surface area (Å²) < 4.78 is 171. The summed E-state index contributed by atoms with van der Waals surface area (Å²) in [5.41, 5.74) is -7.01. The highest BCUT2D eigenvalue weighted by Crippen LogP contribution is 2.53. The number of hydrogen-bond donors (Lipinski definition) is 0. The van der Waals surface area contributed by atoms with E-state index in [0.717, 1.165) is 36.4 Å². The first kappa shape index (κ1) is 33.7. The monoisotopic (exact) mass is 684 g/mol. The number of hydrogen-bond acceptors (Lipinski definition) is 4. The van der Waals surface area contributed by atoms with Crippen molar-refractivity contribution in [3.63, 3.8) is 0 Å². The third-order valence-electron chi connectivity index (χ3n) is 7.00. The second-order valence-corrected chi connectivity index (χ2v) is 10.0. The predicted molar refractivity (Wildman–Crippen MR) is 143 cm³/mol. The second-order valence-electron chi connectivity index (χ2n) is 10.0. The summed E-state index contributed by atoms with van der Waals surface area (Å²) in [5, 5.41) is 19.3. The number of ether oxygens (including phenoxy) is 2. The molecule has 0 saturated heterocycles. The van der Waals surface area contributed by atoms with Gasteiger partial charge >= 0.3 is 25.1 Å². The van der Waals surface area contributed by atoms with Crippen LogP contribution in [0.4, 0.5) is 52.7 Å². The van der Waals surface area contributed by atoms with E-state index in [-0.39, 0.29) is 22.3 Å². The van der Waals surface area contributed by atoms with Crippen LogP contribution in [0.3, 0.4) is 0 Å². The van der Waals surface area contributed by atoms with Gasteiger partial charge in [-0.3, -0.25) is 0 Å². The van der Waals surface area contributed by atoms with Crippen LogP contribution in [-0.2, 0) is 12.4 Å². The minimum atomic E-state index is -5.42. The lowest BCUT2D eigenvalue weighted by Gasteiger charge is -2.18. The number of rotatable bonds is 4. The van der Waals surface area contributed by atoms with Crippen LogP contribution in [0.15, 0.2) is 78.4 Å². The SMILES string of the molecule is N#CC(C#N)=C1c2cc(OC(F)(F)F)c(-c3cccc(C(F)(F)F)c3)cc2-c2cc(-c3cccc(C(F)(F)F)c3)c(OC(F)(F)F)cc21. The topological polar surface area (TPSA) is 66.0 Å². The van der Waals surface area contributed by atoms with E-state index in [0.29, 0.717) is 36.4 Å². The van der Waals surface area contributed by atoms with Crippen molar-refractivity contribution in [2.24, 2.45) is 0 Å². The summed E-state index contributed by atoms with van der Waals surface area (Å²) in [6.45, 7) is 0. The van der Waals surface area contributed by atoms with Gasteiger partial charge < -0.3 is 9.47 Å². The first-order chi connectivity index (χ1) is 22.2. The molecule has 4 nitrogen and oxygen atoms in total. The van der Waals surface area contributed by atoms with E-state index in [1.165, 1.54) is 12.1 Å². The van der Waals surface area contributed by atoms with E-state index in [1.54, 1.807) is 0 Å². The lowest BCUT2D eigenvalue weighted by molar-refractivity contribution is -0.275. The molecule has 0 atom stereocenters. The maximum atomic E-state index is 13.6. The highest BCUT2D eigenvalue weighted by molar-refractivity contribution is 6.07. The van der Waals surface area contributed by atoms with Gasteiger partial charge in [-0.25, -0.2) is 0 Å². The third kappa shape index (κ3) is 6.73. The number of allylic oxidation sites excluding steroid dienone is 1. The molecular weight excluding hydrogens is 672 g/mol. The zero-order valence-corrected chi connectivity index (χ0v) is 23.2. The predicted octanol–water partition coefficient (Wildman–Crippen LogP) is 10.7. The average molecular weight is 684 g/mol. The zero-order chi connectivity index (χ0) is 35.4. The van der Waals surface area contributed by atoms with Gasteiger partial charge in [0.2, 0.25) is 0 Å². The number of fused-ring (bicyclic) bond motifs is 3. The molecule has 0 heterocycles. The first-order valence-electron chi connectivity index (χ1n) is 13.0. The average Bonchev–Trinajstić information content (AvgIpc) is 3.26. The van der Waals surface area contributed by atoms with Crippen LogP contribution >= 0.6 is 0 Å². The minimum Gasteiger partial charge on any atom is -0.405 e. The van der Waals surface area contributed by atoms with Gasteiger partial charge in [0.15, 0.2) is 0 Å². The van der Waals surface area contributed by atoms with E-state index < -0.39 is 81.1 Å². The van der Waals surface area contributed by atoms with Crippen molar-refractivity contribution < 1.29 is 62.2 Å². The lowest BCUT2D eigenvalue weighted by atomic mass is 9.94. The molecule has 0 unspecified atom stereocenters. The Balaban J connectivity index is 1.89. The van der Waals surface area contributed by atoms with Gasteiger partial charge in [0.1, 0.15) is 29.2 Å². The van der Waals surface area contributed by atoms with Crippen molar-refractivity contribution in [2.45, 2.75) is 25.1 Å². The maximum absolute atomic E-state index is 13.6. The van der Waals surface area contributed by atoms with Crippen LogP contribution in [0.5, 0.6) is 11.5 Å². The summed E-state index contributed by atoms with van der Waals surface area (Å²) in [4.78, 5) is 0. The van der Waals surface area contributed by atoms with Gasteiger partial charge in [-0.1, -0.05) is 24.3 Å². The molecule has 0 aromatic heterocycles. The third-order valence-corrected chi connectivity index (χ3v) is 7.00. The Labute approximate surface area is 261 Å². The van der Waals surface area contributed by atoms with Crippen molar-refractivity contribution in [3.8, 4) is 57.0 Å². The van der Waals surface area contributed by atoms with Gasteiger partial charge in [-0.05, 0) is 81.9 Å². The van der Waals surface area contributed by atoms with Crippen molar-refractivity contribution in [3.05, 3.63) is 101 Å². The van der Waals surface area contributed by atoms with Crippen molar-refractivity contribution in [1.82, 2.24) is 0 Å². The molecule has 1 aliphatic carbocycles. The molecule has 0 N–H and O–H groups in total. The number of nitriles is 2. The van der Waals surface area contributed by atoms with Gasteiger partial charge in [0.05, 0.1) is 11.1 Å². The van der Waals surface area contributed by atoms with Crippen molar-refractivity contribution in [2.75, 3.05) is 0 Å². The number of benzene rings is 4. The smallest absolute Gasteiger partial charge is 0.405 e. The Bertz CT molecular complexity index is 1910. The molecule has 0 saturated carbocycles. The Morgan fingerprint density at radius 2 is 0.854 bits per heavy atom. The standard InChI is InChI=1S/C32H12F12N2O2/c33-29(34,35)18-5-1-3-15(7-18)20-9-22-23-10-21(16-4-2-6-19(8-16)30(36,37)38)27(48-32(42,43)44)12-25(23)28(17(13-45)14-46)24(22)11-26(20)47-31(39,40)41/h1-12H. The van der Waals surface area contributed by atoms with Crippen LogP contribution in [0.2, 0.25) is 0 Å². The van der Waals surface area contributed by atoms with Gasteiger partial charge in [0, 0.05) is 16.7 Å². The number of alkyl halides is 12. The minimum absolute atomic E-state index is 0.197. The van der Waals surface area contributed by atoms with E-state index in [4.69, 9.17) is 0 Å². The van der Waals surface area contributed by atoms with E-state index in [2.05, 4.69) is 9.47 Å². The Morgan fingerprint density at radius 1 is 0.479 bits per heavy atom. The summed E-state index contributed by atoms with van der Waals surface area (Å²) >= 11 is 0. The summed E-state index contributed by atoms with van der Waals surface area (Å²) in [5.74, 6) is -2.18. The van der Waals surface area contributed by atoms with Gasteiger partial charge in [-0.15, -0.1) is 26.3 Å². The molecule has 4 aromatic carbocycles. The second kappa shape index (κ2) is 11.6. The van der Waals surface area contributed by atoms with E-state index in [9.17, 15) is 63.2 Å². The molecule has 0 aliphatic heterocycles. The van der Waals surface area contributed by atoms with Gasteiger partial charge in [0.25, 0.3) is 0 Å². The first-order valence-corrected chi connectivity index (χ1v) is 13.0. The molecule has 0 amide bonds. The van der Waals surface area contributed by atoms with Crippen LogP contribution in [0.25, 0.3) is 39.0 Å². The molecular formula is C32H12F12N2O2. The van der Waals surface area contributed by atoms with Crippen LogP contribution in [0, 0.1) is 22.7 Å². The molecule has 0 fully saturated rings. The molecule has 0 spiro atoms. The van der Waals surface area contributed by atoms with Crippen molar-refractivity contribution in [1.29, 1.82) is 10.5 Å². The fraction of sp³-hybridized carbons (Fsp3) is 0.125. The van der Waals surface area contributed by atoms with E-state index >= 15 is 0 Å². The fourth-order valence-electron chi connectivity index (χ4n) is 5.17. The zero-order valence-electron chi connectivity index (χ0n) is 23.2. The fourth-order valence-corrected chi connectivity index (χ4v) is 5.17. The maximum Gasteiger partial charge on any atom is 0.573 e. The lowest BCUT2D eigenvalue weighted by Crippen LogP contribution is -2.18. The highest BCUT2D eigenvalue weighted by atomic mass is 19.4. The summed E-state index contributed by atoms with van der Waals surface area (Å²) in [6, 6.07) is 12.3. The summed E-state index contributed by atoms with van der Waals surface area (Å²) in [7, 11) is 0. The molecule has 1 aliphatic rings. The molecule has 16 heteroatoms. The Morgan fingerprint density at radius 3 is 1.17 bits per heavy atom. The molecule has 246 valence electrons. The van der Waals surface area contributed by atoms with Crippen molar-refractivity contribution >= 4 is 5.57 Å². The normalized spacial score (nSPS) is 12.9. The Hall–Kier alpha value is -5.64. The largest absolute Gasteiger partial charge is 0.573 e. The molecule has 0 bridgehead atoms. The van der Waals surface area contributed by atoms with Crippen LogP contribution < -0.4 is 9.47 Å². The quantitative estimate of drug-likeness (QED) is 0.140. The summed E-state index contributed by atoms with van der Waals surface area (Å²) in [6.07, 6.45) is -20.7. The molecule has 0 radical (unpaired) electrons. The van der Waals surface area contributed by atoms with Crippen LogP contribution in [-0.4, -0.2) is 12.7 Å². The highest BCUT2D eigenvalue weighted by Gasteiger charge is 2.39. The number of halogens is 12. The molecule has 48 heavy (non-hydrogen) atoms.